The van der Waals surface area contributed by atoms with Crippen molar-refractivity contribution in [3.05, 3.63) is 11.9 Å². The number of hydrazine groups is 1. The van der Waals surface area contributed by atoms with Crippen LogP contribution in [0.1, 0.15) is 32.0 Å². The molecule has 1 saturated heterocycles. The van der Waals surface area contributed by atoms with Crippen molar-refractivity contribution in [2.75, 3.05) is 23.4 Å². The number of anilines is 2. The first-order valence-corrected chi connectivity index (χ1v) is 5.88. The highest BCUT2D eigenvalue weighted by molar-refractivity contribution is 5.49. The molecule has 0 aromatic carbocycles. The van der Waals surface area contributed by atoms with Crippen molar-refractivity contribution < 1.29 is 5.11 Å². The number of β-amino-alcohol motifs (C(OH)–C–C–N with tert-alkyl or cyclic N) is 1. The minimum Gasteiger partial charge on any atom is -0.391 e. The number of nitrogen functional groups attached to an aromatic ring is 1. The Morgan fingerprint density at radius 3 is 2.82 bits per heavy atom. The van der Waals surface area contributed by atoms with E-state index in [-0.39, 0.29) is 12.0 Å². The molecule has 0 bridgehead atoms. The zero-order valence-corrected chi connectivity index (χ0v) is 10.2. The Hall–Kier alpha value is -1.40. The highest BCUT2D eigenvalue weighted by atomic mass is 16.3. The average molecular weight is 237 g/mol. The lowest BCUT2D eigenvalue weighted by molar-refractivity contribution is 0.198. The van der Waals surface area contributed by atoms with Gasteiger partial charge in [0.25, 0.3) is 0 Å². The Morgan fingerprint density at radius 2 is 2.29 bits per heavy atom. The van der Waals surface area contributed by atoms with Gasteiger partial charge < -0.3 is 15.4 Å². The van der Waals surface area contributed by atoms with Crippen LogP contribution in [-0.4, -0.2) is 34.3 Å². The second-order valence-electron chi connectivity index (χ2n) is 4.66. The maximum Gasteiger partial charge on any atom is 0.145 e. The van der Waals surface area contributed by atoms with Gasteiger partial charge in [-0.05, 0) is 6.42 Å². The number of aliphatic hydroxyl groups excluding tert-OH is 1. The van der Waals surface area contributed by atoms with Crippen LogP contribution in [0.15, 0.2) is 6.07 Å². The average Bonchev–Trinajstić information content (AvgIpc) is 2.75. The number of nitrogens with zero attached hydrogens (tertiary/aromatic N) is 3. The summed E-state index contributed by atoms with van der Waals surface area (Å²) in [6.45, 7) is 5.52. The third-order valence-corrected chi connectivity index (χ3v) is 2.88. The summed E-state index contributed by atoms with van der Waals surface area (Å²) in [5, 5.41) is 9.54. The number of hydrogen-bond donors (Lipinski definition) is 3. The van der Waals surface area contributed by atoms with Gasteiger partial charge in [-0.3, -0.25) is 0 Å². The topological polar surface area (TPSA) is 87.3 Å². The van der Waals surface area contributed by atoms with E-state index in [0.717, 1.165) is 24.6 Å². The number of nitrogens with two attached hydrogens (primary N) is 1. The third-order valence-electron chi connectivity index (χ3n) is 2.88. The molecule has 2 heterocycles. The quantitative estimate of drug-likeness (QED) is 0.523. The van der Waals surface area contributed by atoms with E-state index in [2.05, 4.69) is 20.3 Å². The minimum absolute atomic E-state index is 0.245. The summed E-state index contributed by atoms with van der Waals surface area (Å²) in [6.07, 6.45) is 0.522. The van der Waals surface area contributed by atoms with Crippen LogP contribution in [0.2, 0.25) is 0 Å². The van der Waals surface area contributed by atoms with Crippen molar-refractivity contribution in [1.82, 2.24) is 9.97 Å². The summed E-state index contributed by atoms with van der Waals surface area (Å²) in [5.41, 5.74) is 2.56. The van der Waals surface area contributed by atoms with Crippen LogP contribution in [0, 0.1) is 0 Å². The van der Waals surface area contributed by atoms with Gasteiger partial charge in [0.2, 0.25) is 0 Å². The third kappa shape index (κ3) is 2.65. The van der Waals surface area contributed by atoms with Crippen LogP contribution in [0.25, 0.3) is 0 Å². The number of aromatic nitrogens is 2. The van der Waals surface area contributed by atoms with E-state index in [1.165, 1.54) is 0 Å². The van der Waals surface area contributed by atoms with Gasteiger partial charge in [0.05, 0.1) is 6.10 Å². The fraction of sp³-hybridized carbons (Fsp3) is 0.636. The molecule has 1 fully saturated rings. The Bertz CT molecular complexity index is 395. The number of nitrogens with one attached hydrogen (secondary N) is 1. The number of rotatable bonds is 3. The molecule has 1 aliphatic heterocycles. The molecular formula is C11H19N5O. The molecule has 0 radical (unpaired) electrons. The van der Waals surface area contributed by atoms with Crippen LogP contribution in [0.5, 0.6) is 0 Å². The van der Waals surface area contributed by atoms with E-state index in [0.29, 0.717) is 12.4 Å². The van der Waals surface area contributed by atoms with Gasteiger partial charge in [-0.25, -0.2) is 15.8 Å². The lowest BCUT2D eigenvalue weighted by atomic mass is 10.2. The molecule has 0 saturated carbocycles. The fourth-order valence-corrected chi connectivity index (χ4v) is 1.90. The van der Waals surface area contributed by atoms with Crippen LogP contribution >= 0.6 is 0 Å². The molecule has 6 heteroatoms. The largest absolute Gasteiger partial charge is 0.391 e. The standard InChI is InChI=1S/C11H19N5O/c1-7(2)11-13-9(15-12)5-10(14-11)16-4-3-8(17)6-16/h5,7-8,17H,3-4,6,12H2,1-2H3,(H,13,14,15). The van der Waals surface area contributed by atoms with Crippen molar-refractivity contribution in [3.63, 3.8) is 0 Å². The molecule has 0 aliphatic carbocycles. The van der Waals surface area contributed by atoms with Crippen LogP contribution < -0.4 is 16.2 Å². The normalized spacial score (nSPS) is 20.1. The predicted octanol–water partition coefficient (Wildman–Crippen LogP) is 0.457. The van der Waals surface area contributed by atoms with E-state index in [4.69, 9.17) is 5.84 Å². The second kappa shape index (κ2) is 4.85. The summed E-state index contributed by atoms with van der Waals surface area (Å²) in [7, 11) is 0. The van der Waals surface area contributed by atoms with Gasteiger partial charge >= 0.3 is 0 Å². The van der Waals surface area contributed by atoms with Crippen molar-refractivity contribution in [1.29, 1.82) is 0 Å². The molecule has 2 rings (SSSR count). The van der Waals surface area contributed by atoms with Crippen molar-refractivity contribution in [3.8, 4) is 0 Å². The summed E-state index contributed by atoms with van der Waals surface area (Å²) in [6, 6.07) is 1.81. The van der Waals surface area contributed by atoms with E-state index in [1.54, 1.807) is 0 Å². The SMILES string of the molecule is CC(C)c1nc(NN)cc(N2CCC(O)C2)n1. The summed E-state index contributed by atoms with van der Waals surface area (Å²) in [4.78, 5) is 10.9. The molecule has 4 N–H and O–H groups in total. The monoisotopic (exact) mass is 237 g/mol. The lowest BCUT2D eigenvalue weighted by Gasteiger charge is -2.18. The lowest BCUT2D eigenvalue weighted by Crippen LogP contribution is -2.23. The Balaban J connectivity index is 2.29. The Labute approximate surface area is 101 Å². The molecule has 1 atom stereocenters. The van der Waals surface area contributed by atoms with Gasteiger partial charge in [-0.15, -0.1) is 0 Å². The fourth-order valence-electron chi connectivity index (χ4n) is 1.90. The minimum atomic E-state index is -0.262. The first kappa shape index (κ1) is 12.1. The van der Waals surface area contributed by atoms with Crippen molar-refractivity contribution in [2.45, 2.75) is 32.3 Å². The Morgan fingerprint density at radius 1 is 1.53 bits per heavy atom. The first-order chi connectivity index (χ1) is 8.10. The summed E-state index contributed by atoms with van der Waals surface area (Å²) in [5.74, 6) is 7.85. The second-order valence-corrected chi connectivity index (χ2v) is 4.66. The maximum atomic E-state index is 9.54. The molecule has 1 unspecified atom stereocenters. The van der Waals surface area contributed by atoms with Gasteiger partial charge in [0.15, 0.2) is 0 Å². The molecule has 1 aromatic heterocycles. The number of hydrogen-bond acceptors (Lipinski definition) is 6. The summed E-state index contributed by atoms with van der Waals surface area (Å²) < 4.78 is 0. The van der Waals surface area contributed by atoms with E-state index in [1.807, 2.05) is 19.9 Å². The summed E-state index contributed by atoms with van der Waals surface area (Å²) >= 11 is 0. The predicted molar refractivity (Wildman–Crippen MR) is 66.8 cm³/mol. The van der Waals surface area contributed by atoms with Gasteiger partial charge in [-0.2, -0.15) is 0 Å². The van der Waals surface area contributed by atoms with Gasteiger partial charge in [0.1, 0.15) is 17.5 Å². The zero-order chi connectivity index (χ0) is 12.4. The molecule has 1 aliphatic rings. The molecule has 94 valence electrons. The van der Waals surface area contributed by atoms with Crippen LogP contribution in [0.3, 0.4) is 0 Å². The number of aliphatic hydroxyl groups is 1. The highest BCUT2D eigenvalue weighted by Gasteiger charge is 2.22. The van der Waals surface area contributed by atoms with E-state index >= 15 is 0 Å². The maximum absolute atomic E-state index is 9.54. The van der Waals surface area contributed by atoms with Crippen LogP contribution in [-0.2, 0) is 0 Å². The smallest absolute Gasteiger partial charge is 0.145 e. The van der Waals surface area contributed by atoms with Crippen molar-refractivity contribution in [2.24, 2.45) is 5.84 Å². The molecule has 1 aromatic rings. The molecule has 6 nitrogen and oxygen atoms in total. The van der Waals surface area contributed by atoms with Gasteiger partial charge in [-0.1, -0.05) is 13.8 Å². The van der Waals surface area contributed by atoms with Gasteiger partial charge in [0, 0.05) is 25.1 Å². The molecule has 0 spiro atoms. The first-order valence-electron chi connectivity index (χ1n) is 5.88. The van der Waals surface area contributed by atoms with Crippen LogP contribution in [0.4, 0.5) is 11.6 Å². The van der Waals surface area contributed by atoms with Crippen molar-refractivity contribution >= 4 is 11.6 Å². The molecule has 0 amide bonds. The van der Waals surface area contributed by atoms with E-state index in [9.17, 15) is 5.11 Å². The Kier molecular flexibility index (Phi) is 3.44. The van der Waals surface area contributed by atoms with E-state index < -0.39 is 0 Å². The highest BCUT2D eigenvalue weighted by Crippen LogP contribution is 2.22. The molecular weight excluding hydrogens is 218 g/mol. The molecule has 17 heavy (non-hydrogen) atoms. The zero-order valence-electron chi connectivity index (χ0n) is 10.2.